The van der Waals surface area contributed by atoms with Crippen molar-refractivity contribution in [2.45, 2.75) is 319 Å². The van der Waals surface area contributed by atoms with Crippen LogP contribution in [0, 0.1) is 23.7 Å². The number of aromatic nitrogens is 12. The smallest absolute Gasteiger partial charge is 0.421 e. The van der Waals surface area contributed by atoms with Crippen molar-refractivity contribution in [3.8, 4) is 0 Å². The Kier molecular flexibility index (Phi) is 31.5. The molecule has 4 fully saturated rings. The second kappa shape index (κ2) is 43.0. The molecule has 16 atom stereocenters. The van der Waals surface area contributed by atoms with E-state index in [1.165, 1.54) is 50.6 Å². The second-order valence-corrected chi connectivity index (χ2v) is 65.6. The van der Waals surface area contributed by atoms with Crippen LogP contribution in [0.1, 0.15) is 253 Å². The Morgan fingerprint density at radius 2 is 0.649 bits per heavy atom. The molecule has 4 aromatic carbocycles. The van der Waals surface area contributed by atoms with Gasteiger partial charge in [0.25, 0.3) is 10.0 Å². The predicted molar refractivity (Wildman–Crippen MR) is 592 cm³/mol. The Balaban J connectivity index is 0.000000136. The summed E-state index contributed by atoms with van der Waals surface area (Å²) in [5.41, 5.74) is 13.5. The van der Waals surface area contributed by atoms with Gasteiger partial charge >= 0.3 is 6.09 Å². The van der Waals surface area contributed by atoms with Crippen molar-refractivity contribution in [2.75, 3.05) is 21.3 Å². The lowest BCUT2D eigenvalue weighted by Crippen LogP contribution is -2.45. The van der Waals surface area contributed by atoms with Crippen LogP contribution in [0.15, 0.2) is 206 Å². The molecular formula is C110H147N19O13S3Si3. The lowest BCUT2D eigenvalue weighted by atomic mass is 10.1. The first kappa shape index (κ1) is 108. The first-order chi connectivity index (χ1) is 69.8. The summed E-state index contributed by atoms with van der Waals surface area (Å²) in [5.74, 6) is 2.74. The van der Waals surface area contributed by atoms with E-state index in [2.05, 4.69) is 309 Å². The highest BCUT2D eigenvalue weighted by atomic mass is 32.2. The van der Waals surface area contributed by atoms with E-state index in [-0.39, 0.29) is 105 Å². The molecule has 4 saturated carbocycles. The highest BCUT2D eigenvalue weighted by molar-refractivity contribution is 7.93. The highest BCUT2D eigenvalue weighted by Crippen LogP contribution is 2.51. The number of hydrogen-bond acceptors (Lipinski definition) is 25. The summed E-state index contributed by atoms with van der Waals surface area (Å²) >= 11 is 0. The molecule has 0 spiro atoms. The molecule has 0 radical (unpaired) electrons. The van der Waals surface area contributed by atoms with Gasteiger partial charge in [-0.3, -0.25) is 0 Å². The molecule has 0 bridgehead atoms. The molecule has 10 N–H and O–H groups in total. The van der Waals surface area contributed by atoms with Gasteiger partial charge in [0.05, 0.1) is 70.1 Å². The van der Waals surface area contributed by atoms with Gasteiger partial charge in [0.1, 0.15) is 83.1 Å². The Morgan fingerprint density at radius 1 is 0.378 bits per heavy atom. The highest BCUT2D eigenvalue weighted by Gasteiger charge is 2.49. The van der Waals surface area contributed by atoms with Crippen LogP contribution >= 0.6 is 0 Å². The maximum absolute atomic E-state index is 12.8. The van der Waals surface area contributed by atoms with Crippen LogP contribution in [0.2, 0.25) is 54.4 Å². The third kappa shape index (κ3) is 24.7. The number of aliphatic hydroxyl groups is 1. The van der Waals surface area contributed by atoms with Gasteiger partial charge in [-0.1, -0.05) is 178 Å². The van der Waals surface area contributed by atoms with Crippen LogP contribution in [-0.2, 0) is 78.6 Å². The number of amides is 1. The number of primary sulfonamides is 2. The maximum Gasteiger partial charge on any atom is 0.421 e. The van der Waals surface area contributed by atoms with Gasteiger partial charge in [0, 0.05) is 88.9 Å². The number of rotatable bonds is 26. The normalized spacial score (nSPS) is 24.3. The summed E-state index contributed by atoms with van der Waals surface area (Å²) in [6.45, 7) is 38.4. The molecule has 1 amide bonds. The quantitative estimate of drug-likeness (QED) is 0.0184. The first-order valence-corrected chi connectivity index (χ1v) is 65.5. The Bertz CT molecular complexity index is 7300. The van der Waals surface area contributed by atoms with Crippen LogP contribution in [0.5, 0.6) is 0 Å². The zero-order valence-electron chi connectivity index (χ0n) is 88.4. The summed E-state index contributed by atoms with van der Waals surface area (Å²) < 4.78 is 108. The number of nitrogens with one attached hydrogen (secondary N) is 5. The number of nitrogens with zero attached hydrogens (tertiary/aromatic N) is 12. The largest absolute Gasteiger partial charge is 0.443 e. The van der Waals surface area contributed by atoms with Gasteiger partial charge in [-0.15, -0.1) is 0 Å². The van der Waals surface area contributed by atoms with Gasteiger partial charge in [-0.25, -0.2) is 84.9 Å². The summed E-state index contributed by atoms with van der Waals surface area (Å²) in [4.78, 5) is 60.9. The number of aliphatic hydroxyl groups excluding tert-OH is 1. The molecule has 0 aliphatic heterocycles. The van der Waals surface area contributed by atoms with Gasteiger partial charge < -0.3 is 67.5 Å². The van der Waals surface area contributed by atoms with Crippen molar-refractivity contribution < 1.29 is 58.0 Å². The number of hydrogen-bond donors (Lipinski definition) is 8. The maximum atomic E-state index is 12.8. The number of aryl methyl sites for hydroxylation is 4. The fourth-order valence-electron chi connectivity index (χ4n) is 21.9. The molecule has 8 aromatic heterocycles. The van der Waals surface area contributed by atoms with E-state index in [4.69, 9.17) is 28.3 Å². The average Bonchev–Trinajstić information content (AvgIpc) is 1.62. The third-order valence-electron chi connectivity index (χ3n) is 32.6. The fourth-order valence-corrected chi connectivity index (χ4v) is 27.6. The van der Waals surface area contributed by atoms with Crippen molar-refractivity contribution in [3.05, 3.63) is 250 Å². The fraction of sp³-hybridized carbons (Fsp3) is 0.491. The van der Waals surface area contributed by atoms with E-state index in [9.17, 15) is 39.9 Å². The molecule has 12 aromatic rings. The van der Waals surface area contributed by atoms with E-state index >= 15 is 0 Å². The number of ether oxygens (including phenoxy) is 1. The van der Waals surface area contributed by atoms with Gasteiger partial charge in [-0.2, -0.15) is 0 Å². The van der Waals surface area contributed by atoms with E-state index in [1.54, 1.807) is 58.2 Å². The number of sulfonamides is 3. The third-order valence-corrected chi connectivity index (χ3v) is 48.2. The van der Waals surface area contributed by atoms with Gasteiger partial charge in [-0.05, 0) is 247 Å². The second-order valence-electron chi connectivity index (χ2n) is 46.9. The number of nitrogens with two attached hydrogens (primary N) is 2. The lowest BCUT2D eigenvalue weighted by Gasteiger charge is -2.39. The van der Waals surface area contributed by atoms with E-state index in [1.807, 2.05) is 23.2 Å². The minimum absolute atomic E-state index is 0.0117. The topological polar surface area (TPSA) is 429 Å². The molecule has 8 aliphatic carbocycles. The molecule has 20 rings (SSSR count). The van der Waals surface area contributed by atoms with Crippen LogP contribution in [0.4, 0.5) is 28.1 Å². The summed E-state index contributed by atoms with van der Waals surface area (Å²) in [7, 11) is -17.7. The predicted octanol–water partition coefficient (Wildman–Crippen LogP) is 21.6. The zero-order chi connectivity index (χ0) is 106. The van der Waals surface area contributed by atoms with Crippen LogP contribution in [0.3, 0.4) is 0 Å². The lowest BCUT2D eigenvalue weighted by molar-refractivity contribution is -0.113. The van der Waals surface area contributed by atoms with Crippen LogP contribution < -0.4 is 36.3 Å². The number of carbonyl (C=O) groups is 2. The molecule has 8 aliphatic rings. The molecule has 32 nitrogen and oxygen atoms in total. The molecule has 4 unspecified atom stereocenters. The van der Waals surface area contributed by atoms with E-state index < -0.39 is 72.8 Å². The van der Waals surface area contributed by atoms with Crippen LogP contribution in [0.25, 0.3) is 44.1 Å². The van der Waals surface area contributed by atoms with Crippen molar-refractivity contribution in [3.63, 3.8) is 0 Å². The van der Waals surface area contributed by atoms with Gasteiger partial charge in [0.2, 0.25) is 20.0 Å². The standard InChI is InChI=1S/C33H47N5O5SSi.C28H39N5O3SSi.C27H36N4O2Si.C22H25N5O3S/c1-32(2,3)42-31(39)37-44(40,41)18-16-23-19-24(20-28(23)43-45(7,8)33(4,5)6)38-17-15-26-29(34-21-35-30(26)38)36-27-14-13-22-11-9-10-12-25(22)27;1-28(2,3)38(4,5)36-25-17-21(16-20(25)13-15-37(29,34)35)33-14-12-23-26(30-18-31-27(23)33)32-24-11-10-19-8-6-7-9-22(19)24;1-27(2,3)34(4,5)33-24-15-20(14-19(24)16-32)31-13-12-22-25(28-17-29-26(22)31)30-23-11-10-18-8-6-7-9-21(18)23;23-31(29,30)10-8-15-11-16(12-20(15)28)27-9-7-18-21(24-13-25-22(18)27)26-19-6-5-14-3-1-2-4-17(14)19/h9-12,15-18,21,23-24,27-28H,13-14,19-20H2,1-8H3,(H,37,39)(H,34,35,36);6-9,12-15,18,20-21,24-25H,10-11,16-17H2,1-5H3,(H2,29,34,35)(H,30,31,32);6-9,12-13,16-17,19-20,23-24H,10-11,14-15H2,1-5H3,(H,28,29,30);1-4,7-10,13,15-16,19-20,28H,5-6,11-12H2,(H2,23,29,30)(H,24,25,26)/b18-16+;15-13+;;10-8+/t23?,24-,27+,28-;20?,21-,24+,25-;19?,20-,23+,24-;15?,16-,19+,20+/m1111/s1. The number of anilines is 4. The van der Waals surface area contributed by atoms with Crippen molar-refractivity contribution in [2.24, 2.45) is 33.9 Å². The van der Waals surface area contributed by atoms with Crippen molar-refractivity contribution in [1.29, 1.82) is 0 Å². The zero-order valence-corrected chi connectivity index (χ0v) is 93.8. The first-order valence-electron chi connectivity index (χ1n) is 52.0. The average molecular weight is 2120 g/mol. The monoisotopic (exact) mass is 2120 g/mol. The number of carbonyl (C=O) groups excluding carboxylic acids is 2. The molecule has 0 saturated heterocycles. The van der Waals surface area contributed by atoms with Crippen molar-refractivity contribution in [1.82, 2.24) is 62.9 Å². The number of benzene rings is 4. The summed E-state index contributed by atoms with van der Waals surface area (Å²) in [6, 6.07) is 43.8. The Hall–Kier alpha value is -11.0. The summed E-state index contributed by atoms with van der Waals surface area (Å²) in [6.07, 6.45) is 32.7. The number of aldehydes is 1. The number of fused-ring (bicyclic) bond motifs is 8. The van der Waals surface area contributed by atoms with Crippen LogP contribution in [-0.4, -0.2) is 156 Å². The SMILES string of the molecule is CC(C)(C)OC(=O)NS(=O)(=O)/C=C/C1C[C@@H](n2ccc3c(N[C@H]4CCc5ccccc54)ncnc32)C[C@H]1O[Si](C)(C)C(C)(C)C.CC(C)(C)[Si](C)(C)O[C@@H]1C[C@H](n2ccc3c(N[C@H]4CCc5ccccc54)ncnc32)CC1/C=C/S(N)(=O)=O.CC(C)(C)[Si](C)(C)O[C@@H]1C[C@H](n2ccc3c(N[C@H]4CCc5ccccc54)ncnc32)CC1C=O.NS(=O)(=O)/C=C/C1C[C@@H](n2ccc3c(N[C@H]4CCc5ccccc54)ncnc32)C[C@@H]1O. The molecule has 148 heavy (non-hydrogen) atoms. The molecule has 790 valence electrons. The molecular weight excluding hydrogens is 1980 g/mol. The Labute approximate surface area is 873 Å². The van der Waals surface area contributed by atoms with E-state index in [0.717, 1.165) is 167 Å². The molecule has 8 heterocycles. The van der Waals surface area contributed by atoms with Crippen molar-refractivity contribution >= 4 is 135 Å². The van der Waals surface area contributed by atoms with Gasteiger partial charge in [0.15, 0.2) is 25.0 Å². The van der Waals surface area contributed by atoms with E-state index in [0.29, 0.717) is 25.7 Å². The Morgan fingerprint density at radius 3 is 0.939 bits per heavy atom. The molecule has 38 heteroatoms. The summed E-state index contributed by atoms with van der Waals surface area (Å²) in [5, 5.41) is 42.6. The minimum atomic E-state index is -4.07. The minimum Gasteiger partial charge on any atom is -0.443 e.